The van der Waals surface area contributed by atoms with E-state index < -0.39 is 31.0 Å². The molecule has 0 aliphatic carbocycles. The molecule has 2 heterocycles. The van der Waals surface area contributed by atoms with E-state index in [9.17, 15) is 16.8 Å². The molecule has 0 spiro atoms. The Balaban J connectivity index is 2.33. The average molecular weight is 386 g/mol. The van der Waals surface area contributed by atoms with Crippen LogP contribution in [0.4, 0.5) is 0 Å². The quantitative estimate of drug-likeness (QED) is 0.749. The van der Waals surface area contributed by atoms with Crippen molar-refractivity contribution in [1.29, 1.82) is 0 Å². The molecule has 2 rings (SSSR count). The normalized spacial score (nSPS) is 24.9. The van der Waals surface area contributed by atoms with Crippen molar-refractivity contribution >= 4 is 42.6 Å². The van der Waals surface area contributed by atoms with Crippen LogP contribution < -0.4 is 0 Å². The number of hydrogen-bond donors (Lipinski definition) is 0. The first-order chi connectivity index (χ1) is 10.2. The van der Waals surface area contributed by atoms with Crippen molar-refractivity contribution in [2.75, 3.05) is 25.1 Å². The summed E-state index contributed by atoms with van der Waals surface area (Å²) in [6.45, 7) is 2.73. The minimum absolute atomic E-state index is 0.101. The molecule has 1 aliphatic rings. The zero-order chi connectivity index (χ0) is 16.5. The van der Waals surface area contributed by atoms with E-state index in [0.717, 1.165) is 24.2 Å². The van der Waals surface area contributed by atoms with Crippen molar-refractivity contribution in [3.05, 3.63) is 16.5 Å². The monoisotopic (exact) mass is 385 g/mol. The standard InChI is InChI=1S/C13H20ClNO4S3/c1-3-4-7-15(2)10-8-21(16,17)9-11(10)22(18,19)13-6-5-12(14)20-13/h5-6,10-11H,3-4,7-9H2,1-2H3/t10-,11-/m0/s1. The van der Waals surface area contributed by atoms with E-state index in [4.69, 9.17) is 11.6 Å². The lowest BCUT2D eigenvalue weighted by Gasteiger charge is -2.27. The molecule has 22 heavy (non-hydrogen) atoms. The molecule has 0 bridgehead atoms. The molecule has 1 fully saturated rings. The van der Waals surface area contributed by atoms with Crippen LogP contribution >= 0.6 is 22.9 Å². The van der Waals surface area contributed by atoms with E-state index in [2.05, 4.69) is 0 Å². The second-order valence-corrected chi connectivity index (χ2v) is 11.9. The molecule has 2 atom stereocenters. The minimum Gasteiger partial charge on any atom is -0.301 e. The van der Waals surface area contributed by atoms with Gasteiger partial charge in [0.15, 0.2) is 19.7 Å². The van der Waals surface area contributed by atoms with Crippen LogP contribution in [0.3, 0.4) is 0 Å². The van der Waals surface area contributed by atoms with Crippen molar-refractivity contribution in [3.63, 3.8) is 0 Å². The predicted molar refractivity (Wildman–Crippen MR) is 90.3 cm³/mol. The van der Waals surface area contributed by atoms with Gasteiger partial charge in [-0.2, -0.15) is 0 Å². The highest BCUT2D eigenvalue weighted by molar-refractivity contribution is 7.97. The van der Waals surface area contributed by atoms with Gasteiger partial charge in [-0.05, 0) is 32.1 Å². The lowest BCUT2D eigenvalue weighted by atomic mass is 10.2. The third kappa shape index (κ3) is 3.84. The minimum atomic E-state index is -3.69. The molecule has 0 unspecified atom stereocenters. The molecule has 1 saturated heterocycles. The Kier molecular flexibility index (Phi) is 5.59. The number of sulfone groups is 2. The summed E-state index contributed by atoms with van der Waals surface area (Å²) in [4.78, 5) is 1.87. The van der Waals surface area contributed by atoms with Crippen LogP contribution in [0.1, 0.15) is 19.8 Å². The highest BCUT2D eigenvalue weighted by atomic mass is 35.5. The smallest absolute Gasteiger partial charge is 0.193 e. The fourth-order valence-electron chi connectivity index (χ4n) is 2.68. The number of thiophene rings is 1. The molecular weight excluding hydrogens is 366 g/mol. The molecule has 0 amide bonds. The van der Waals surface area contributed by atoms with Crippen LogP contribution in [0, 0.1) is 0 Å². The summed E-state index contributed by atoms with van der Waals surface area (Å²) in [6.07, 6.45) is 1.88. The van der Waals surface area contributed by atoms with Gasteiger partial charge in [0, 0.05) is 6.04 Å². The van der Waals surface area contributed by atoms with Crippen molar-refractivity contribution in [3.8, 4) is 0 Å². The predicted octanol–water partition coefficient (Wildman–Crippen LogP) is 2.07. The van der Waals surface area contributed by atoms with E-state index in [0.29, 0.717) is 10.9 Å². The molecular formula is C13H20ClNO4S3. The van der Waals surface area contributed by atoms with E-state index >= 15 is 0 Å². The molecule has 1 aromatic heterocycles. The number of hydrogen-bond acceptors (Lipinski definition) is 6. The fraction of sp³-hybridized carbons (Fsp3) is 0.692. The number of halogens is 1. The summed E-state index contributed by atoms with van der Waals surface area (Å²) < 4.78 is 50.1. The number of unbranched alkanes of at least 4 members (excludes halogenated alkanes) is 1. The van der Waals surface area contributed by atoms with E-state index in [1.807, 2.05) is 11.8 Å². The third-order valence-electron chi connectivity index (χ3n) is 3.93. The molecule has 0 saturated carbocycles. The van der Waals surface area contributed by atoms with Gasteiger partial charge < -0.3 is 4.90 Å². The zero-order valence-electron chi connectivity index (χ0n) is 12.5. The van der Waals surface area contributed by atoms with Crippen molar-refractivity contribution in [2.24, 2.45) is 0 Å². The zero-order valence-corrected chi connectivity index (χ0v) is 15.7. The highest BCUT2D eigenvalue weighted by Crippen LogP contribution is 2.33. The van der Waals surface area contributed by atoms with Gasteiger partial charge in [-0.25, -0.2) is 16.8 Å². The maximum absolute atomic E-state index is 12.8. The summed E-state index contributed by atoms with van der Waals surface area (Å²) in [7, 11) is -5.25. The summed E-state index contributed by atoms with van der Waals surface area (Å²) in [5.74, 6) is -0.414. The van der Waals surface area contributed by atoms with Crippen molar-refractivity contribution < 1.29 is 16.8 Å². The van der Waals surface area contributed by atoms with Gasteiger partial charge in [-0.3, -0.25) is 0 Å². The van der Waals surface area contributed by atoms with Gasteiger partial charge in [-0.15, -0.1) is 11.3 Å². The number of nitrogens with zero attached hydrogens (tertiary/aromatic N) is 1. The van der Waals surface area contributed by atoms with Gasteiger partial charge >= 0.3 is 0 Å². The first-order valence-corrected chi connectivity index (χ1v) is 11.6. The summed E-state index contributed by atoms with van der Waals surface area (Å²) in [5.41, 5.74) is 0. The Hall–Kier alpha value is -0.150. The van der Waals surface area contributed by atoms with Gasteiger partial charge in [-0.1, -0.05) is 24.9 Å². The maximum Gasteiger partial charge on any atom is 0.193 e. The van der Waals surface area contributed by atoms with Crippen LogP contribution in [-0.2, 0) is 19.7 Å². The first-order valence-electron chi connectivity index (χ1n) is 7.07. The van der Waals surface area contributed by atoms with Gasteiger partial charge in [0.05, 0.1) is 21.1 Å². The Labute approximate surface area is 141 Å². The lowest BCUT2D eigenvalue weighted by molar-refractivity contribution is 0.259. The Morgan fingerprint density at radius 3 is 2.59 bits per heavy atom. The highest BCUT2D eigenvalue weighted by Gasteiger charge is 2.47. The Bertz CT molecular complexity index is 726. The molecule has 0 aromatic carbocycles. The molecule has 1 aliphatic heterocycles. The first kappa shape index (κ1) is 18.2. The van der Waals surface area contributed by atoms with E-state index in [-0.39, 0.29) is 15.7 Å². The summed E-state index contributed by atoms with van der Waals surface area (Å²) in [6, 6.07) is 2.48. The summed E-state index contributed by atoms with van der Waals surface area (Å²) in [5, 5.41) is -0.922. The van der Waals surface area contributed by atoms with Gasteiger partial charge in [0.2, 0.25) is 0 Å². The second-order valence-electron chi connectivity index (χ2n) is 5.62. The largest absolute Gasteiger partial charge is 0.301 e. The SMILES string of the molecule is CCCCN(C)[C@H]1CS(=O)(=O)C[C@@H]1S(=O)(=O)c1ccc(Cl)s1. The molecule has 9 heteroatoms. The molecule has 1 aromatic rings. The maximum atomic E-state index is 12.8. The van der Waals surface area contributed by atoms with Crippen molar-refractivity contribution in [2.45, 2.75) is 35.3 Å². The van der Waals surface area contributed by atoms with Crippen molar-refractivity contribution in [1.82, 2.24) is 4.90 Å². The summed E-state index contributed by atoms with van der Waals surface area (Å²) >= 11 is 6.80. The Morgan fingerprint density at radius 1 is 1.36 bits per heavy atom. The van der Waals surface area contributed by atoms with E-state index in [1.54, 1.807) is 7.05 Å². The lowest BCUT2D eigenvalue weighted by Crippen LogP contribution is -2.44. The second kappa shape index (κ2) is 6.76. The van der Waals surface area contributed by atoms with Crippen LogP contribution in [0.25, 0.3) is 0 Å². The third-order valence-corrected chi connectivity index (χ3v) is 9.81. The average Bonchev–Trinajstić information content (AvgIpc) is 3.00. The topological polar surface area (TPSA) is 71.5 Å². The van der Waals surface area contributed by atoms with E-state index in [1.165, 1.54) is 12.1 Å². The number of rotatable bonds is 6. The Morgan fingerprint density at radius 2 is 2.05 bits per heavy atom. The fourth-order valence-corrected chi connectivity index (χ4v) is 9.30. The van der Waals surface area contributed by atoms with Crippen LogP contribution in [-0.4, -0.2) is 58.1 Å². The molecule has 0 N–H and O–H groups in total. The molecule has 126 valence electrons. The van der Waals surface area contributed by atoms with Crippen LogP contribution in [0.5, 0.6) is 0 Å². The molecule has 0 radical (unpaired) electrons. The molecule has 5 nitrogen and oxygen atoms in total. The van der Waals surface area contributed by atoms with Gasteiger partial charge in [0.25, 0.3) is 0 Å². The van der Waals surface area contributed by atoms with Crippen LogP contribution in [0.2, 0.25) is 4.34 Å². The van der Waals surface area contributed by atoms with Crippen LogP contribution in [0.15, 0.2) is 16.3 Å². The van der Waals surface area contributed by atoms with Gasteiger partial charge in [0.1, 0.15) is 4.21 Å².